The number of hydrogen-bond donors (Lipinski definition) is 3. The molecule has 0 aliphatic carbocycles. The molecule has 3 unspecified atom stereocenters. The monoisotopic (exact) mass is 498 g/mol. The van der Waals surface area contributed by atoms with Crippen LogP contribution < -0.4 is 20.9 Å². The molecule has 0 bridgehead atoms. The van der Waals surface area contributed by atoms with E-state index in [0.29, 0.717) is 16.5 Å². The van der Waals surface area contributed by atoms with Gasteiger partial charge in [-0.1, -0.05) is 47.1 Å². The van der Waals surface area contributed by atoms with Crippen molar-refractivity contribution in [3.63, 3.8) is 0 Å². The minimum Gasteiger partial charge on any atom is -0.495 e. The molecule has 3 heterocycles. The number of thioether (sulfide) groups is 1. The number of hydrogen-bond acceptors (Lipinski definition) is 8. The van der Waals surface area contributed by atoms with Crippen molar-refractivity contribution in [2.75, 3.05) is 18.2 Å². The molecule has 0 saturated carbocycles. The molecular formula is C24H27ClN6O2S. The Hall–Kier alpha value is -2.88. The SMILES string of the molecule is COc1ccc(NC(=O)CSC2=NNC3C4CC(c5cc(C)ccc5C)NN4C=CN23)cc1Cl. The number of benzene rings is 2. The van der Waals surface area contributed by atoms with Crippen molar-refractivity contribution < 1.29 is 9.53 Å². The molecule has 0 radical (unpaired) electrons. The van der Waals surface area contributed by atoms with Crippen LogP contribution in [0.25, 0.3) is 0 Å². The molecule has 10 heteroatoms. The molecule has 3 aliphatic rings. The summed E-state index contributed by atoms with van der Waals surface area (Å²) in [6, 6.07) is 12.2. The molecule has 1 fully saturated rings. The van der Waals surface area contributed by atoms with Gasteiger partial charge < -0.3 is 20.0 Å². The lowest BCUT2D eigenvalue weighted by molar-refractivity contribution is -0.113. The summed E-state index contributed by atoms with van der Waals surface area (Å²) in [5.41, 5.74) is 11.4. The van der Waals surface area contributed by atoms with Gasteiger partial charge in [0.05, 0.1) is 30.0 Å². The summed E-state index contributed by atoms with van der Waals surface area (Å²) in [5.74, 6) is 0.676. The molecule has 0 spiro atoms. The van der Waals surface area contributed by atoms with Gasteiger partial charge in [-0.3, -0.25) is 10.2 Å². The molecule has 8 nitrogen and oxygen atoms in total. The maximum Gasteiger partial charge on any atom is 0.234 e. The second-order valence-corrected chi connectivity index (χ2v) is 9.96. The molecule has 1 amide bonds. The van der Waals surface area contributed by atoms with Crippen molar-refractivity contribution in [2.45, 2.75) is 38.5 Å². The zero-order valence-electron chi connectivity index (χ0n) is 19.2. The summed E-state index contributed by atoms with van der Waals surface area (Å²) in [7, 11) is 1.55. The van der Waals surface area contributed by atoms with Crippen LogP contribution in [0.2, 0.25) is 5.02 Å². The second kappa shape index (κ2) is 9.40. The third kappa shape index (κ3) is 4.43. The van der Waals surface area contributed by atoms with Crippen LogP contribution in [0.4, 0.5) is 5.69 Å². The minimum absolute atomic E-state index is 0.0126. The van der Waals surface area contributed by atoms with Gasteiger partial charge in [0.25, 0.3) is 0 Å². The van der Waals surface area contributed by atoms with Gasteiger partial charge in [0.2, 0.25) is 5.91 Å². The van der Waals surface area contributed by atoms with Crippen molar-refractivity contribution in [1.82, 2.24) is 20.8 Å². The number of nitrogens with zero attached hydrogens (tertiary/aromatic N) is 3. The lowest BCUT2D eigenvalue weighted by atomic mass is 9.95. The van der Waals surface area contributed by atoms with Crippen molar-refractivity contribution in [1.29, 1.82) is 0 Å². The van der Waals surface area contributed by atoms with Gasteiger partial charge in [-0.05, 0) is 49.6 Å². The predicted molar refractivity (Wildman–Crippen MR) is 136 cm³/mol. The van der Waals surface area contributed by atoms with Gasteiger partial charge in [0.1, 0.15) is 11.9 Å². The highest BCUT2D eigenvalue weighted by molar-refractivity contribution is 8.14. The summed E-state index contributed by atoms with van der Waals surface area (Å²) < 4.78 is 5.15. The first-order chi connectivity index (χ1) is 16.4. The van der Waals surface area contributed by atoms with Gasteiger partial charge >= 0.3 is 0 Å². The number of rotatable bonds is 5. The van der Waals surface area contributed by atoms with Gasteiger partial charge in [-0.25, -0.2) is 5.43 Å². The van der Waals surface area contributed by atoms with Crippen LogP contribution in [-0.4, -0.2) is 46.1 Å². The fourth-order valence-electron chi connectivity index (χ4n) is 4.56. The smallest absolute Gasteiger partial charge is 0.234 e. The summed E-state index contributed by atoms with van der Waals surface area (Å²) in [4.78, 5) is 14.6. The molecule has 5 rings (SSSR count). The van der Waals surface area contributed by atoms with E-state index >= 15 is 0 Å². The lowest BCUT2D eigenvalue weighted by Gasteiger charge is -2.36. The largest absolute Gasteiger partial charge is 0.495 e. The summed E-state index contributed by atoms with van der Waals surface area (Å²) in [6.45, 7) is 4.29. The zero-order chi connectivity index (χ0) is 23.8. The first-order valence-corrected chi connectivity index (χ1v) is 12.5. The minimum atomic E-state index is -0.127. The number of anilines is 1. The molecule has 1 saturated heterocycles. The van der Waals surface area contributed by atoms with E-state index in [1.807, 2.05) is 6.20 Å². The van der Waals surface area contributed by atoms with E-state index in [9.17, 15) is 4.79 Å². The quantitative estimate of drug-likeness (QED) is 0.576. The van der Waals surface area contributed by atoms with E-state index < -0.39 is 0 Å². The normalized spacial score (nSPS) is 22.7. The molecular weight excluding hydrogens is 472 g/mol. The van der Waals surface area contributed by atoms with Crippen LogP contribution >= 0.6 is 23.4 Å². The number of fused-ring (bicyclic) bond motifs is 3. The molecule has 2 aromatic carbocycles. The number of aryl methyl sites for hydroxylation is 2. The number of ether oxygens (including phenoxy) is 1. The topological polar surface area (TPSA) is 81.2 Å². The number of methoxy groups -OCH3 is 1. The highest BCUT2D eigenvalue weighted by Gasteiger charge is 2.44. The molecule has 3 atom stereocenters. The van der Waals surface area contributed by atoms with Crippen LogP contribution in [-0.2, 0) is 4.79 Å². The Kier molecular flexibility index (Phi) is 6.33. The van der Waals surface area contributed by atoms with E-state index in [2.05, 4.69) is 69.4 Å². The number of amides is 1. The summed E-state index contributed by atoms with van der Waals surface area (Å²) in [6.07, 6.45) is 5.02. The molecule has 178 valence electrons. The average molecular weight is 499 g/mol. The number of carbonyl (C=O) groups is 1. The number of hydrazine groups is 1. The standard InChI is InChI=1S/C24H27ClN6O2S/c1-14-4-5-15(2)17(10-14)19-12-20-23-27-28-24(30(23)8-9-31(20)29-19)34-13-22(32)26-16-6-7-21(33-3)18(25)11-16/h4-11,19-20,23,27,29H,12-13H2,1-3H3,(H,26,32). The van der Waals surface area contributed by atoms with Gasteiger partial charge in [0.15, 0.2) is 5.17 Å². The summed E-state index contributed by atoms with van der Waals surface area (Å²) >= 11 is 7.55. The van der Waals surface area contributed by atoms with Gasteiger partial charge in [0, 0.05) is 18.1 Å². The van der Waals surface area contributed by atoms with E-state index in [1.54, 1.807) is 25.3 Å². The lowest BCUT2D eigenvalue weighted by Crippen LogP contribution is -2.54. The Balaban J connectivity index is 1.19. The Bertz CT molecular complexity index is 1170. The third-order valence-electron chi connectivity index (χ3n) is 6.28. The highest BCUT2D eigenvalue weighted by Crippen LogP contribution is 2.36. The van der Waals surface area contributed by atoms with Gasteiger partial charge in [-0.2, -0.15) is 5.10 Å². The maximum absolute atomic E-state index is 12.5. The van der Waals surface area contributed by atoms with Crippen LogP contribution in [0, 0.1) is 13.8 Å². The van der Waals surface area contributed by atoms with E-state index in [0.717, 1.165) is 11.6 Å². The third-order valence-corrected chi connectivity index (χ3v) is 7.55. The highest BCUT2D eigenvalue weighted by atomic mass is 35.5. The van der Waals surface area contributed by atoms with E-state index in [4.69, 9.17) is 16.3 Å². The van der Waals surface area contributed by atoms with Gasteiger partial charge in [-0.15, -0.1) is 0 Å². The maximum atomic E-state index is 12.5. The Morgan fingerprint density at radius 1 is 1.26 bits per heavy atom. The Morgan fingerprint density at radius 3 is 2.91 bits per heavy atom. The fraction of sp³-hybridized carbons (Fsp3) is 0.333. The average Bonchev–Trinajstić information content (AvgIpc) is 3.43. The molecule has 0 aromatic heterocycles. The molecule has 34 heavy (non-hydrogen) atoms. The van der Waals surface area contributed by atoms with Crippen LogP contribution in [0.5, 0.6) is 5.75 Å². The summed E-state index contributed by atoms with van der Waals surface area (Å²) in [5, 5.41) is 10.8. The van der Waals surface area contributed by atoms with Crippen molar-refractivity contribution in [2.24, 2.45) is 5.10 Å². The van der Waals surface area contributed by atoms with E-state index in [1.165, 1.54) is 28.5 Å². The van der Waals surface area contributed by atoms with Crippen LogP contribution in [0.15, 0.2) is 53.9 Å². The van der Waals surface area contributed by atoms with Crippen LogP contribution in [0.1, 0.15) is 29.2 Å². The predicted octanol–water partition coefficient (Wildman–Crippen LogP) is 3.94. The van der Waals surface area contributed by atoms with Crippen LogP contribution in [0.3, 0.4) is 0 Å². The first kappa shape index (κ1) is 22.9. The second-order valence-electron chi connectivity index (χ2n) is 8.61. The first-order valence-electron chi connectivity index (χ1n) is 11.1. The molecule has 3 aliphatic heterocycles. The van der Waals surface area contributed by atoms with Crippen molar-refractivity contribution in [3.05, 3.63) is 70.5 Å². The number of hydrazone groups is 1. The number of halogens is 1. The van der Waals surface area contributed by atoms with E-state index in [-0.39, 0.29) is 29.9 Å². The Labute approximate surface area is 208 Å². The number of nitrogens with one attached hydrogen (secondary N) is 3. The Morgan fingerprint density at radius 2 is 2.12 bits per heavy atom. The van der Waals surface area contributed by atoms with Crippen molar-refractivity contribution in [3.8, 4) is 5.75 Å². The fourth-order valence-corrected chi connectivity index (χ4v) is 5.59. The zero-order valence-corrected chi connectivity index (χ0v) is 20.8. The molecule has 3 N–H and O–H groups in total. The number of amidine groups is 1. The number of carbonyl (C=O) groups excluding carboxylic acids is 1. The van der Waals surface area contributed by atoms with Crippen molar-refractivity contribution >= 4 is 40.1 Å². The molecule has 2 aromatic rings.